The summed E-state index contributed by atoms with van der Waals surface area (Å²) < 4.78 is 5.99. The fourth-order valence-corrected chi connectivity index (χ4v) is 9.55. The summed E-state index contributed by atoms with van der Waals surface area (Å²) in [5, 5.41) is 15.0. The van der Waals surface area contributed by atoms with Crippen molar-refractivity contribution in [3.63, 3.8) is 0 Å². The van der Waals surface area contributed by atoms with Crippen molar-refractivity contribution in [2.45, 2.75) is 151 Å². The van der Waals surface area contributed by atoms with E-state index >= 15 is 0 Å². The molecule has 16 N–H and O–H groups in total. The van der Waals surface area contributed by atoms with E-state index in [9.17, 15) is 19.2 Å². The van der Waals surface area contributed by atoms with Crippen LogP contribution in [-0.4, -0.2) is 84.6 Å². The maximum Gasteiger partial charge on any atom is 0.167 e. The molecular weight excluding hydrogens is 895 g/mol. The van der Waals surface area contributed by atoms with Gasteiger partial charge < -0.3 is 44.9 Å². The molecule has 68 heavy (non-hydrogen) atoms. The molecule has 0 bridgehead atoms. The number of benzene rings is 3. The molecule has 0 heterocycles. The molecule has 0 aliphatic carbocycles. The number of nitrogens with two attached hydrogens (primary N) is 7. The van der Waals surface area contributed by atoms with Gasteiger partial charge >= 0.3 is 0 Å². The predicted molar refractivity (Wildman–Crippen MR) is 281 cm³/mol. The summed E-state index contributed by atoms with van der Waals surface area (Å²) in [5.41, 5.74) is 46.6. The Morgan fingerprint density at radius 1 is 0.559 bits per heavy atom. The van der Waals surface area contributed by atoms with E-state index in [0.717, 1.165) is 43.2 Å². The van der Waals surface area contributed by atoms with Crippen LogP contribution < -0.4 is 44.9 Å². The fraction of sp³-hybridized carbons (Fsp3) is 0.538. The van der Waals surface area contributed by atoms with Crippen molar-refractivity contribution in [1.29, 1.82) is 10.8 Å². The van der Waals surface area contributed by atoms with Crippen molar-refractivity contribution >= 4 is 58.3 Å². The van der Waals surface area contributed by atoms with E-state index in [4.69, 9.17) is 55.7 Å². The molecule has 0 aromatic heterocycles. The molecular formula is C52H79N9O5S2. The first kappa shape index (κ1) is 57.9. The fourth-order valence-electron chi connectivity index (χ4n) is 7.64. The number of hydrogen-bond acceptors (Lipinski definition) is 14. The third-order valence-electron chi connectivity index (χ3n) is 11.6. The number of amidine groups is 2. The summed E-state index contributed by atoms with van der Waals surface area (Å²) in [5.74, 6) is 0.942. The van der Waals surface area contributed by atoms with Crippen LogP contribution >= 0.6 is 23.5 Å². The summed E-state index contributed by atoms with van der Waals surface area (Å²) >= 11 is 3.01. The van der Waals surface area contributed by atoms with E-state index in [-0.39, 0.29) is 95.6 Å². The highest BCUT2D eigenvalue weighted by molar-refractivity contribution is 7.99. The van der Waals surface area contributed by atoms with Gasteiger partial charge in [0.05, 0.1) is 23.8 Å². The Kier molecular flexibility index (Phi) is 23.6. The van der Waals surface area contributed by atoms with Gasteiger partial charge in [0.25, 0.3) is 0 Å². The van der Waals surface area contributed by atoms with Gasteiger partial charge in [-0.25, -0.2) is 0 Å². The number of ether oxygens (including phenoxy) is 1. The van der Waals surface area contributed by atoms with E-state index in [1.807, 2.05) is 24.3 Å². The number of carbonyl (C=O) groups is 4. The minimum atomic E-state index is -0.691. The number of hydrogen-bond donors (Lipinski definition) is 9. The molecule has 0 unspecified atom stereocenters. The molecule has 0 saturated carbocycles. The van der Waals surface area contributed by atoms with Crippen molar-refractivity contribution in [3.8, 4) is 5.75 Å². The van der Waals surface area contributed by atoms with Gasteiger partial charge in [-0.1, -0.05) is 78.6 Å². The number of ketones is 4. The molecule has 2 atom stereocenters. The van der Waals surface area contributed by atoms with Crippen LogP contribution in [0.2, 0.25) is 0 Å². The highest BCUT2D eigenvalue weighted by atomic mass is 32.2. The molecule has 14 nitrogen and oxygen atoms in total. The summed E-state index contributed by atoms with van der Waals surface area (Å²) in [7, 11) is 0. The Bertz CT molecular complexity index is 2090. The lowest BCUT2D eigenvalue weighted by Crippen LogP contribution is -2.32. The molecule has 3 rings (SSSR count). The Labute approximate surface area is 413 Å². The number of Topliss-reactive ketones (excluding diaryl/α,β-unsaturated/α-hetero) is 4. The lowest BCUT2D eigenvalue weighted by Gasteiger charge is -2.24. The minimum Gasteiger partial charge on any atom is -0.492 e. The normalized spacial score (nSPS) is 12.7. The van der Waals surface area contributed by atoms with Crippen molar-refractivity contribution in [1.82, 2.24) is 0 Å². The van der Waals surface area contributed by atoms with Crippen LogP contribution in [0.25, 0.3) is 0 Å². The molecule has 0 fully saturated rings. The zero-order valence-electron chi connectivity index (χ0n) is 41.3. The molecule has 3 aromatic carbocycles. The third-order valence-corrected chi connectivity index (χ3v) is 14.1. The van der Waals surface area contributed by atoms with E-state index in [2.05, 4.69) is 41.5 Å². The topological polar surface area (TPSA) is 307 Å². The van der Waals surface area contributed by atoms with E-state index < -0.39 is 12.1 Å². The zero-order valence-corrected chi connectivity index (χ0v) is 43.0. The Hall–Kier alpha value is -4.42. The van der Waals surface area contributed by atoms with Gasteiger partial charge in [-0.2, -0.15) is 0 Å². The average Bonchev–Trinajstić information content (AvgIpc) is 3.26. The van der Waals surface area contributed by atoms with Gasteiger partial charge in [-0.3, -0.25) is 30.0 Å². The zero-order chi connectivity index (χ0) is 50.8. The molecule has 0 amide bonds. The first-order chi connectivity index (χ1) is 32.0. The monoisotopic (exact) mass is 974 g/mol. The molecule has 3 aromatic rings. The number of rotatable bonds is 31. The van der Waals surface area contributed by atoms with Gasteiger partial charge in [0.1, 0.15) is 12.4 Å². The number of thioether (sulfide) groups is 2. The maximum absolute atomic E-state index is 14.6. The average molecular weight is 974 g/mol. The number of nitrogens with one attached hydrogen (secondary N) is 2. The minimum absolute atomic E-state index is 0.0210. The van der Waals surface area contributed by atoms with Crippen molar-refractivity contribution in [3.05, 3.63) is 87.0 Å². The molecule has 0 aliphatic rings. The smallest absolute Gasteiger partial charge is 0.167 e. The van der Waals surface area contributed by atoms with Gasteiger partial charge in [-0.15, -0.1) is 23.5 Å². The highest BCUT2D eigenvalue weighted by Gasteiger charge is 2.27. The quantitative estimate of drug-likeness (QED) is 0.0110. The second kappa shape index (κ2) is 27.7. The van der Waals surface area contributed by atoms with E-state index in [1.165, 1.54) is 23.5 Å². The van der Waals surface area contributed by atoms with Crippen molar-refractivity contribution < 1.29 is 23.9 Å². The van der Waals surface area contributed by atoms with Crippen LogP contribution in [-0.2, 0) is 46.1 Å². The van der Waals surface area contributed by atoms with Crippen LogP contribution in [0.5, 0.6) is 5.75 Å². The first-order valence-corrected chi connectivity index (χ1v) is 25.7. The van der Waals surface area contributed by atoms with Crippen LogP contribution in [0.1, 0.15) is 147 Å². The Balaban J connectivity index is 2.10. The van der Waals surface area contributed by atoms with Crippen molar-refractivity contribution in [2.75, 3.05) is 37.7 Å². The van der Waals surface area contributed by atoms with E-state index in [0.29, 0.717) is 81.7 Å². The molecule has 0 saturated heterocycles. The van der Waals surface area contributed by atoms with Crippen LogP contribution in [0.3, 0.4) is 0 Å². The Morgan fingerprint density at radius 2 is 0.926 bits per heavy atom. The third kappa shape index (κ3) is 18.8. The molecule has 16 heteroatoms. The van der Waals surface area contributed by atoms with Gasteiger partial charge in [0.2, 0.25) is 0 Å². The number of unbranched alkanes of at least 4 members (excludes halogenated alkanes) is 2. The van der Waals surface area contributed by atoms with Gasteiger partial charge in [0, 0.05) is 90.6 Å². The molecule has 0 aliphatic heterocycles. The van der Waals surface area contributed by atoms with Crippen LogP contribution in [0, 0.1) is 10.8 Å². The first-order valence-electron chi connectivity index (χ1n) is 23.7. The van der Waals surface area contributed by atoms with E-state index in [1.54, 1.807) is 18.2 Å². The summed E-state index contributed by atoms with van der Waals surface area (Å²) in [6.45, 7) is 13.6. The second-order valence-electron chi connectivity index (χ2n) is 19.6. The van der Waals surface area contributed by atoms with Gasteiger partial charge in [-0.05, 0) is 88.1 Å². The highest BCUT2D eigenvalue weighted by Crippen LogP contribution is 2.37. The molecule has 0 spiro atoms. The Morgan fingerprint density at radius 3 is 1.25 bits per heavy atom. The standard InChI is InChI=1S/C52H79N9O5S2/c1-51(2,3)38-22-34(49(67-19-16-54)36(24-38)30-45(64)41(56)11-7-9-13-47(58)59)28-43(62)32-21-33(27-40(26-32)66-18-15-53)44(63)29-35-23-39(52(4,5)6)25-37(50(35)68-20-17-55)31-46(65)42(57)12-8-10-14-48(60)61/h21-27,41-42H,7-20,28-31,53-57H2,1-6H3,(H3,58,59)(H3,60,61)/t41-,42-/m0/s1. The lowest BCUT2D eigenvalue weighted by molar-refractivity contribution is -0.120. The lowest BCUT2D eigenvalue weighted by atomic mass is 9.83. The largest absolute Gasteiger partial charge is 0.492 e. The van der Waals surface area contributed by atoms with Crippen molar-refractivity contribution in [2.24, 2.45) is 40.1 Å². The van der Waals surface area contributed by atoms with Crippen LogP contribution in [0.4, 0.5) is 0 Å². The van der Waals surface area contributed by atoms with Gasteiger partial charge in [0.15, 0.2) is 23.1 Å². The maximum atomic E-state index is 14.6. The molecule has 0 radical (unpaired) electrons. The number of carbonyl (C=O) groups excluding carboxylic acids is 4. The second-order valence-corrected chi connectivity index (χ2v) is 21.9. The SMILES string of the molecule is CC(C)(C)c1cc(CC(=O)c2cc(OCCN)cc(C(=O)Cc3cc(C(C)(C)C)cc(CC(=O)[C@@H](N)CCCCC(=N)N)c3SCCN)c2)c(SCCN)c(CC(=O)[C@@H](N)CCCCC(=N)N)c1. The summed E-state index contributed by atoms with van der Waals surface area (Å²) in [4.78, 5) is 58.2. The van der Waals surface area contributed by atoms with Crippen LogP contribution in [0.15, 0.2) is 52.3 Å². The molecule has 374 valence electrons. The summed E-state index contributed by atoms with van der Waals surface area (Å²) in [6.07, 6.45) is 4.67. The summed E-state index contributed by atoms with van der Waals surface area (Å²) in [6, 6.07) is 11.6. The predicted octanol–water partition coefficient (Wildman–Crippen LogP) is 6.44.